The quantitative estimate of drug-likeness (QED) is 0.738. The van der Waals surface area contributed by atoms with Crippen LogP contribution in [0, 0.1) is 3.57 Å². The third-order valence-electron chi connectivity index (χ3n) is 3.06. The first-order chi connectivity index (χ1) is 6.83. The van der Waals surface area contributed by atoms with Gasteiger partial charge in [-0.3, -0.25) is 0 Å². The summed E-state index contributed by atoms with van der Waals surface area (Å²) in [5, 5.41) is 0. The molecular weight excluding hydrogens is 289 g/mol. The molecule has 2 aliphatic heterocycles. The van der Waals surface area contributed by atoms with Gasteiger partial charge in [0.25, 0.3) is 0 Å². The first-order valence-corrected chi connectivity index (χ1v) is 6.04. The molecule has 2 aliphatic rings. The Bertz CT molecular complexity index is 338. The lowest BCUT2D eigenvalue weighted by atomic mass is 10.2. The molecular formula is C11H12INO. The number of benzene rings is 1. The van der Waals surface area contributed by atoms with E-state index in [0.717, 1.165) is 13.2 Å². The smallest absolute Gasteiger partial charge is 0.0771 e. The van der Waals surface area contributed by atoms with Gasteiger partial charge in [-0.25, -0.2) is 0 Å². The predicted octanol–water partition coefficient (Wildman–Crippen LogP) is 2.27. The maximum Gasteiger partial charge on any atom is 0.0771 e. The number of hydrogen-bond donors (Lipinski definition) is 0. The van der Waals surface area contributed by atoms with Crippen LogP contribution < -0.4 is 4.90 Å². The highest BCUT2D eigenvalue weighted by Crippen LogP contribution is 2.32. The van der Waals surface area contributed by atoms with Crippen LogP contribution >= 0.6 is 22.6 Å². The molecule has 0 spiro atoms. The molecule has 14 heavy (non-hydrogen) atoms. The molecule has 3 heteroatoms. The van der Waals surface area contributed by atoms with Gasteiger partial charge in [0.05, 0.1) is 18.8 Å². The highest BCUT2D eigenvalue weighted by molar-refractivity contribution is 14.1. The topological polar surface area (TPSA) is 12.5 Å². The van der Waals surface area contributed by atoms with Crippen molar-refractivity contribution in [1.82, 2.24) is 0 Å². The molecule has 2 heterocycles. The Hall–Kier alpha value is -0.290. The van der Waals surface area contributed by atoms with Gasteiger partial charge in [0.1, 0.15) is 0 Å². The van der Waals surface area contributed by atoms with Gasteiger partial charge in [0.15, 0.2) is 0 Å². The van der Waals surface area contributed by atoms with Crippen LogP contribution in [0.15, 0.2) is 24.3 Å². The highest BCUT2D eigenvalue weighted by atomic mass is 127. The number of fused-ring (bicyclic) bond motifs is 2. The van der Waals surface area contributed by atoms with E-state index >= 15 is 0 Å². The van der Waals surface area contributed by atoms with Crippen molar-refractivity contribution in [2.75, 3.05) is 18.1 Å². The van der Waals surface area contributed by atoms with Crippen LogP contribution in [0.4, 0.5) is 5.69 Å². The average molecular weight is 301 g/mol. The number of ether oxygens (including phenoxy) is 1. The molecule has 0 radical (unpaired) electrons. The van der Waals surface area contributed by atoms with Crippen molar-refractivity contribution in [2.45, 2.75) is 18.6 Å². The van der Waals surface area contributed by atoms with Crippen LogP contribution in [0.2, 0.25) is 0 Å². The van der Waals surface area contributed by atoms with E-state index in [1.807, 2.05) is 0 Å². The summed E-state index contributed by atoms with van der Waals surface area (Å²) in [6.07, 6.45) is 1.70. The van der Waals surface area contributed by atoms with Crippen LogP contribution in [-0.2, 0) is 4.74 Å². The molecule has 2 bridgehead atoms. The summed E-state index contributed by atoms with van der Waals surface area (Å²) >= 11 is 2.34. The second kappa shape index (κ2) is 3.38. The second-order valence-electron chi connectivity index (χ2n) is 3.97. The van der Waals surface area contributed by atoms with E-state index in [0.29, 0.717) is 12.1 Å². The van der Waals surface area contributed by atoms with Gasteiger partial charge in [0.2, 0.25) is 0 Å². The summed E-state index contributed by atoms with van der Waals surface area (Å²) in [4.78, 5) is 2.48. The lowest BCUT2D eigenvalue weighted by Crippen LogP contribution is -2.36. The van der Waals surface area contributed by atoms with E-state index in [1.165, 1.54) is 15.7 Å². The SMILES string of the molecule is Ic1ccc(N2C[C@H]3C[C@@H]2CO3)cc1. The van der Waals surface area contributed by atoms with Crippen LogP contribution in [0.1, 0.15) is 6.42 Å². The Kier molecular flexibility index (Phi) is 2.17. The fraction of sp³-hybridized carbons (Fsp3) is 0.455. The molecule has 0 saturated carbocycles. The van der Waals surface area contributed by atoms with E-state index in [1.54, 1.807) is 0 Å². The van der Waals surface area contributed by atoms with Crippen molar-refractivity contribution in [3.63, 3.8) is 0 Å². The molecule has 0 unspecified atom stereocenters. The van der Waals surface area contributed by atoms with Gasteiger partial charge in [-0.15, -0.1) is 0 Å². The van der Waals surface area contributed by atoms with Gasteiger partial charge in [-0.1, -0.05) is 0 Å². The van der Waals surface area contributed by atoms with Gasteiger partial charge >= 0.3 is 0 Å². The lowest BCUT2D eigenvalue weighted by Gasteiger charge is -2.28. The number of rotatable bonds is 1. The molecule has 2 fully saturated rings. The van der Waals surface area contributed by atoms with Crippen LogP contribution in [-0.4, -0.2) is 25.3 Å². The first-order valence-electron chi connectivity index (χ1n) is 4.97. The molecule has 3 rings (SSSR count). The number of hydrogen-bond acceptors (Lipinski definition) is 2. The molecule has 0 aromatic heterocycles. The van der Waals surface area contributed by atoms with E-state index < -0.39 is 0 Å². The minimum Gasteiger partial charge on any atom is -0.374 e. The Morgan fingerprint density at radius 2 is 2.07 bits per heavy atom. The Labute approximate surface area is 97.4 Å². The van der Waals surface area contributed by atoms with Crippen LogP contribution in [0.5, 0.6) is 0 Å². The molecule has 0 N–H and O–H groups in total. The Morgan fingerprint density at radius 1 is 1.29 bits per heavy atom. The summed E-state index contributed by atoms with van der Waals surface area (Å²) < 4.78 is 6.88. The summed E-state index contributed by atoms with van der Waals surface area (Å²) in [5.74, 6) is 0. The summed E-state index contributed by atoms with van der Waals surface area (Å²) in [6, 6.07) is 9.39. The maximum absolute atomic E-state index is 5.58. The zero-order chi connectivity index (χ0) is 9.54. The van der Waals surface area contributed by atoms with Crippen molar-refractivity contribution in [3.8, 4) is 0 Å². The van der Waals surface area contributed by atoms with E-state index in [-0.39, 0.29) is 0 Å². The molecule has 2 atom stereocenters. The zero-order valence-electron chi connectivity index (χ0n) is 7.82. The molecule has 2 nitrogen and oxygen atoms in total. The minimum absolute atomic E-state index is 0.485. The van der Waals surface area contributed by atoms with Crippen molar-refractivity contribution < 1.29 is 4.74 Å². The van der Waals surface area contributed by atoms with Crippen molar-refractivity contribution in [3.05, 3.63) is 27.8 Å². The fourth-order valence-corrected chi connectivity index (χ4v) is 2.71. The zero-order valence-corrected chi connectivity index (χ0v) is 9.98. The highest BCUT2D eigenvalue weighted by Gasteiger charge is 2.38. The number of halogens is 1. The van der Waals surface area contributed by atoms with Crippen molar-refractivity contribution in [1.29, 1.82) is 0 Å². The summed E-state index contributed by atoms with van der Waals surface area (Å²) in [6.45, 7) is 1.99. The molecule has 74 valence electrons. The largest absolute Gasteiger partial charge is 0.374 e. The fourth-order valence-electron chi connectivity index (χ4n) is 2.35. The Balaban J connectivity index is 1.86. The van der Waals surface area contributed by atoms with Crippen LogP contribution in [0.3, 0.4) is 0 Å². The summed E-state index contributed by atoms with van der Waals surface area (Å²) in [5.41, 5.74) is 1.35. The number of anilines is 1. The van der Waals surface area contributed by atoms with Crippen molar-refractivity contribution in [2.24, 2.45) is 0 Å². The predicted molar refractivity (Wildman–Crippen MR) is 64.7 cm³/mol. The average Bonchev–Trinajstić information content (AvgIpc) is 2.80. The van der Waals surface area contributed by atoms with Gasteiger partial charge in [-0.2, -0.15) is 0 Å². The first kappa shape index (κ1) is 8.97. The van der Waals surface area contributed by atoms with Gasteiger partial charge in [0, 0.05) is 15.8 Å². The molecule has 2 saturated heterocycles. The molecule has 0 aliphatic carbocycles. The van der Waals surface area contributed by atoms with E-state index in [4.69, 9.17) is 4.74 Å². The standard InChI is InChI=1S/C11H12INO/c12-8-1-3-9(4-2-8)13-6-11-5-10(13)7-14-11/h1-4,10-11H,5-7H2/t10-,11-/m1/s1. The second-order valence-corrected chi connectivity index (χ2v) is 5.22. The minimum atomic E-state index is 0.485. The van der Waals surface area contributed by atoms with Crippen molar-refractivity contribution >= 4 is 28.3 Å². The molecule has 1 aromatic carbocycles. The normalized spacial score (nSPS) is 29.9. The number of morpholine rings is 1. The number of nitrogens with zero attached hydrogens (tertiary/aromatic N) is 1. The lowest BCUT2D eigenvalue weighted by molar-refractivity contribution is 0.0991. The summed E-state index contributed by atoms with van der Waals surface area (Å²) in [7, 11) is 0. The van der Waals surface area contributed by atoms with Gasteiger partial charge in [-0.05, 0) is 53.3 Å². The third-order valence-corrected chi connectivity index (χ3v) is 3.78. The van der Waals surface area contributed by atoms with Crippen LogP contribution in [0.25, 0.3) is 0 Å². The monoisotopic (exact) mass is 301 g/mol. The maximum atomic E-state index is 5.58. The molecule has 0 amide bonds. The van der Waals surface area contributed by atoms with E-state index in [9.17, 15) is 0 Å². The Morgan fingerprint density at radius 3 is 2.64 bits per heavy atom. The molecule has 1 aromatic rings. The van der Waals surface area contributed by atoms with Gasteiger partial charge < -0.3 is 9.64 Å². The van der Waals surface area contributed by atoms with E-state index in [2.05, 4.69) is 51.8 Å². The third kappa shape index (κ3) is 1.42.